The van der Waals surface area contributed by atoms with Crippen molar-refractivity contribution in [2.75, 3.05) is 4.90 Å². The number of allylic oxidation sites excluding steroid dienone is 7. The van der Waals surface area contributed by atoms with E-state index in [1.807, 2.05) is 66.8 Å². The molecule has 0 bridgehead atoms. The van der Waals surface area contributed by atoms with Gasteiger partial charge in [-0.3, -0.25) is 0 Å². The van der Waals surface area contributed by atoms with E-state index in [-0.39, 0.29) is 0 Å². The van der Waals surface area contributed by atoms with Crippen molar-refractivity contribution >= 4 is 45.0 Å². The van der Waals surface area contributed by atoms with Crippen LogP contribution in [0.15, 0.2) is 146 Å². The minimum absolute atomic E-state index is 0.589. The van der Waals surface area contributed by atoms with Crippen molar-refractivity contribution < 1.29 is 4.42 Å². The molecule has 3 aromatic carbocycles. The van der Waals surface area contributed by atoms with Crippen LogP contribution in [0.3, 0.4) is 0 Å². The first-order chi connectivity index (χ1) is 18.7. The quantitative estimate of drug-likeness (QED) is 0.192. The van der Waals surface area contributed by atoms with Gasteiger partial charge in [0, 0.05) is 33.9 Å². The average molecular weight is 495 g/mol. The second-order valence-corrected chi connectivity index (χ2v) is 8.35. The zero-order valence-electron chi connectivity index (χ0n) is 20.9. The standard InChI is InChI=1S/C33H26N4O/c1-4-12-25(6-3)37(26-14-8-7-9-15-26)27-19-20-29-31(21-27)38-30-17-11-16-28(33(29)30)24(5-2)13-10-18-32-35-22-34-23-36-32/h4-23H,1-3H2/b18-10+,24-13+,25-12+. The molecule has 0 aliphatic heterocycles. The molecule has 5 heteroatoms. The van der Waals surface area contributed by atoms with Gasteiger partial charge in [0.15, 0.2) is 5.82 Å². The topological polar surface area (TPSA) is 55.1 Å². The van der Waals surface area contributed by atoms with Gasteiger partial charge in [0.2, 0.25) is 0 Å². The Balaban J connectivity index is 1.62. The summed E-state index contributed by atoms with van der Waals surface area (Å²) in [5.41, 5.74) is 6.46. The molecule has 0 spiro atoms. The summed E-state index contributed by atoms with van der Waals surface area (Å²) in [6, 6.07) is 22.5. The summed E-state index contributed by atoms with van der Waals surface area (Å²) in [4.78, 5) is 14.2. The molecule has 0 aliphatic carbocycles. The summed E-state index contributed by atoms with van der Waals surface area (Å²) in [5, 5.41) is 2.06. The van der Waals surface area contributed by atoms with Gasteiger partial charge in [-0.2, -0.15) is 0 Å². The summed E-state index contributed by atoms with van der Waals surface area (Å²) in [5.74, 6) is 0.589. The highest BCUT2D eigenvalue weighted by Gasteiger charge is 2.17. The fourth-order valence-electron chi connectivity index (χ4n) is 4.41. The second kappa shape index (κ2) is 11.2. The van der Waals surface area contributed by atoms with Gasteiger partial charge in [-0.15, -0.1) is 0 Å². The molecular weight excluding hydrogens is 468 g/mol. The molecular formula is C33H26N4O. The van der Waals surface area contributed by atoms with Gasteiger partial charge in [-0.25, -0.2) is 15.0 Å². The van der Waals surface area contributed by atoms with Crippen molar-refractivity contribution in [3.63, 3.8) is 0 Å². The van der Waals surface area contributed by atoms with Crippen LogP contribution in [0.25, 0.3) is 33.6 Å². The lowest BCUT2D eigenvalue weighted by atomic mass is 9.98. The zero-order valence-corrected chi connectivity index (χ0v) is 20.9. The molecule has 0 aliphatic rings. The molecule has 0 saturated heterocycles. The summed E-state index contributed by atoms with van der Waals surface area (Å²) < 4.78 is 6.36. The number of aromatic nitrogens is 3. The molecule has 5 aromatic rings. The maximum atomic E-state index is 6.36. The van der Waals surface area contributed by atoms with Crippen LogP contribution in [0.1, 0.15) is 11.4 Å². The minimum Gasteiger partial charge on any atom is -0.456 e. The lowest BCUT2D eigenvalue weighted by Crippen LogP contribution is -2.14. The molecule has 0 saturated carbocycles. The van der Waals surface area contributed by atoms with Crippen molar-refractivity contribution in [3.8, 4) is 0 Å². The van der Waals surface area contributed by atoms with Gasteiger partial charge in [0.05, 0.1) is 0 Å². The number of hydrogen-bond acceptors (Lipinski definition) is 5. The Morgan fingerprint density at radius 3 is 2.34 bits per heavy atom. The first-order valence-electron chi connectivity index (χ1n) is 12.1. The Hall–Kier alpha value is -5.29. The molecule has 38 heavy (non-hydrogen) atoms. The zero-order chi connectivity index (χ0) is 26.3. The Morgan fingerprint density at radius 2 is 1.61 bits per heavy atom. The van der Waals surface area contributed by atoms with E-state index in [4.69, 9.17) is 4.42 Å². The van der Waals surface area contributed by atoms with Crippen LogP contribution in [-0.4, -0.2) is 15.0 Å². The van der Waals surface area contributed by atoms with Gasteiger partial charge in [0.25, 0.3) is 0 Å². The van der Waals surface area contributed by atoms with Gasteiger partial charge < -0.3 is 9.32 Å². The molecule has 0 N–H and O–H groups in total. The second-order valence-electron chi connectivity index (χ2n) is 8.35. The van der Waals surface area contributed by atoms with Crippen molar-refractivity contribution in [3.05, 3.63) is 153 Å². The predicted octanol–water partition coefficient (Wildman–Crippen LogP) is 8.45. The number of rotatable bonds is 9. The van der Waals surface area contributed by atoms with E-state index >= 15 is 0 Å². The van der Waals surface area contributed by atoms with Gasteiger partial charge in [0.1, 0.15) is 23.8 Å². The summed E-state index contributed by atoms with van der Waals surface area (Å²) in [6.45, 7) is 11.9. The van der Waals surface area contributed by atoms with E-state index < -0.39 is 0 Å². The van der Waals surface area contributed by atoms with E-state index in [0.717, 1.165) is 50.1 Å². The number of anilines is 2. The number of furan rings is 1. The van der Waals surface area contributed by atoms with E-state index in [1.165, 1.54) is 12.7 Å². The van der Waals surface area contributed by atoms with Crippen LogP contribution in [0.4, 0.5) is 11.4 Å². The normalized spacial score (nSPS) is 12.2. The third kappa shape index (κ3) is 4.86. The molecule has 5 nitrogen and oxygen atoms in total. The van der Waals surface area contributed by atoms with Crippen LogP contribution >= 0.6 is 0 Å². The molecule has 5 rings (SSSR count). The Bertz CT molecular complexity index is 1710. The molecule has 0 amide bonds. The van der Waals surface area contributed by atoms with Crippen LogP contribution < -0.4 is 4.90 Å². The molecule has 0 unspecified atom stereocenters. The smallest absolute Gasteiger partial charge is 0.155 e. The van der Waals surface area contributed by atoms with Crippen LogP contribution in [0.2, 0.25) is 0 Å². The number of nitrogens with zero attached hydrogens (tertiary/aromatic N) is 4. The molecule has 0 atom stereocenters. The molecule has 2 heterocycles. The SMILES string of the molecule is C=C/C=C(\C=C)N(c1ccccc1)c1ccc2c(c1)oc1cccc(/C(C=C)=C/C=C/c3ncncn3)c12. The van der Waals surface area contributed by atoms with Crippen molar-refractivity contribution in [2.24, 2.45) is 0 Å². The van der Waals surface area contributed by atoms with Crippen molar-refractivity contribution in [2.45, 2.75) is 0 Å². The van der Waals surface area contributed by atoms with Crippen LogP contribution in [0.5, 0.6) is 0 Å². The Labute approximate surface area is 221 Å². The predicted molar refractivity (Wildman–Crippen MR) is 158 cm³/mol. The van der Waals surface area contributed by atoms with Gasteiger partial charge in [-0.1, -0.05) is 74.4 Å². The summed E-state index contributed by atoms with van der Waals surface area (Å²) in [7, 11) is 0. The monoisotopic (exact) mass is 494 g/mol. The maximum absolute atomic E-state index is 6.36. The van der Waals surface area contributed by atoms with Gasteiger partial charge in [-0.05, 0) is 59.7 Å². The number of benzene rings is 3. The molecule has 0 radical (unpaired) electrons. The highest BCUT2D eigenvalue weighted by atomic mass is 16.3. The maximum Gasteiger partial charge on any atom is 0.155 e. The molecule has 2 aromatic heterocycles. The first kappa shape index (κ1) is 24.4. The largest absolute Gasteiger partial charge is 0.456 e. The first-order valence-corrected chi connectivity index (χ1v) is 12.1. The number of hydrogen-bond donors (Lipinski definition) is 0. The Morgan fingerprint density at radius 1 is 0.789 bits per heavy atom. The summed E-state index contributed by atoms with van der Waals surface area (Å²) in [6.07, 6.45) is 16.0. The fourth-order valence-corrected chi connectivity index (χ4v) is 4.41. The lowest BCUT2D eigenvalue weighted by molar-refractivity contribution is 0.669. The van der Waals surface area contributed by atoms with Crippen molar-refractivity contribution in [1.29, 1.82) is 0 Å². The van der Waals surface area contributed by atoms with Crippen LogP contribution in [-0.2, 0) is 0 Å². The van der Waals surface area contributed by atoms with Crippen LogP contribution in [0, 0.1) is 0 Å². The van der Waals surface area contributed by atoms with E-state index in [2.05, 4.69) is 76.0 Å². The summed E-state index contributed by atoms with van der Waals surface area (Å²) >= 11 is 0. The third-order valence-electron chi connectivity index (χ3n) is 6.07. The Kier molecular flexibility index (Phi) is 7.18. The minimum atomic E-state index is 0.589. The van der Waals surface area contributed by atoms with E-state index in [1.54, 1.807) is 6.08 Å². The van der Waals surface area contributed by atoms with Crippen molar-refractivity contribution in [1.82, 2.24) is 15.0 Å². The van der Waals surface area contributed by atoms with E-state index in [9.17, 15) is 0 Å². The molecule has 184 valence electrons. The van der Waals surface area contributed by atoms with E-state index in [0.29, 0.717) is 5.82 Å². The number of para-hydroxylation sites is 1. The molecule has 0 fully saturated rings. The highest BCUT2D eigenvalue weighted by Crippen LogP contribution is 2.38. The highest BCUT2D eigenvalue weighted by molar-refractivity contribution is 6.11. The fraction of sp³-hybridized carbons (Fsp3) is 0. The lowest BCUT2D eigenvalue weighted by Gasteiger charge is -2.26. The number of fused-ring (bicyclic) bond motifs is 3. The third-order valence-corrected chi connectivity index (χ3v) is 6.07. The van der Waals surface area contributed by atoms with Gasteiger partial charge >= 0.3 is 0 Å². The average Bonchev–Trinajstić information content (AvgIpc) is 3.34.